The molecule has 2 aromatic heterocycles. The van der Waals surface area contributed by atoms with Gasteiger partial charge in [0.15, 0.2) is 11.5 Å². The molecule has 28 heavy (non-hydrogen) atoms. The predicted molar refractivity (Wildman–Crippen MR) is 104 cm³/mol. The molecule has 3 aromatic rings. The average molecular weight is 403 g/mol. The van der Waals surface area contributed by atoms with Crippen LogP contribution in [0, 0.1) is 0 Å². The van der Waals surface area contributed by atoms with Gasteiger partial charge >= 0.3 is 6.09 Å². The second kappa shape index (κ2) is 9.09. The zero-order valence-electron chi connectivity index (χ0n) is 15.1. The van der Waals surface area contributed by atoms with Crippen LogP contribution in [0.4, 0.5) is 4.79 Å². The highest BCUT2D eigenvalue weighted by Crippen LogP contribution is 2.25. The molecule has 0 unspecified atom stereocenters. The molecule has 2 amide bonds. The largest absolute Gasteiger partial charge is 0.463 e. The Balaban J connectivity index is 1.76. The van der Waals surface area contributed by atoms with Crippen molar-refractivity contribution >= 4 is 23.6 Å². The smallest absolute Gasteiger partial charge is 0.407 e. The van der Waals surface area contributed by atoms with Crippen LogP contribution in [0.1, 0.15) is 17.4 Å². The maximum atomic E-state index is 12.5. The van der Waals surface area contributed by atoms with Gasteiger partial charge in [0.25, 0.3) is 5.91 Å². The van der Waals surface area contributed by atoms with Crippen molar-refractivity contribution in [2.24, 2.45) is 0 Å². The molecule has 2 N–H and O–H groups in total. The van der Waals surface area contributed by atoms with Gasteiger partial charge in [0.1, 0.15) is 5.69 Å². The van der Waals surface area contributed by atoms with Gasteiger partial charge in [-0.3, -0.25) is 4.79 Å². The van der Waals surface area contributed by atoms with Gasteiger partial charge in [-0.1, -0.05) is 17.7 Å². The van der Waals surface area contributed by atoms with Crippen LogP contribution in [0.2, 0.25) is 5.02 Å². The fourth-order valence-electron chi connectivity index (χ4n) is 2.51. The number of rotatable bonds is 7. The minimum absolute atomic E-state index is 0.211. The van der Waals surface area contributed by atoms with Crippen molar-refractivity contribution in [1.29, 1.82) is 0 Å². The highest BCUT2D eigenvalue weighted by Gasteiger charge is 2.18. The van der Waals surface area contributed by atoms with Crippen LogP contribution in [-0.2, 0) is 4.74 Å². The Bertz CT molecular complexity index is 953. The summed E-state index contributed by atoms with van der Waals surface area (Å²) in [6.07, 6.45) is 1.02. The number of benzene rings is 1. The Hall–Kier alpha value is -3.26. The summed E-state index contributed by atoms with van der Waals surface area (Å²) in [6, 6.07) is 12.3. The molecule has 9 heteroatoms. The van der Waals surface area contributed by atoms with Crippen LogP contribution in [0.15, 0.2) is 53.1 Å². The first-order valence-corrected chi connectivity index (χ1v) is 9.05. The van der Waals surface area contributed by atoms with Gasteiger partial charge in [-0.25, -0.2) is 9.48 Å². The third-order valence-electron chi connectivity index (χ3n) is 3.72. The number of ether oxygens (including phenoxy) is 1. The zero-order chi connectivity index (χ0) is 19.9. The van der Waals surface area contributed by atoms with Crippen molar-refractivity contribution < 1.29 is 18.7 Å². The molecule has 0 atom stereocenters. The molecule has 2 heterocycles. The summed E-state index contributed by atoms with van der Waals surface area (Å²) < 4.78 is 11.8. The summed E-state index contributed by atoms with van der Waals surface area (Å²) in [5.74, 6) is 0.190. The molecule has 146 valence electrons. The predicted octanol–water partition coefficient (Wildman–Crippen LogP) is 3.26. The van der Waals surface area contributed by atoms with Gasteiger partial charge < -0.3 is 19.8 Å². The Morgan fingerprint density at radius 1 is 1.18 bits per heavy atom. The number of nitrogens with one attached hydrogen (secondary N) is 2. The molecule has 0 aliphatic heterocycles. The molecule has 8 nitrogen and oxygen atoms in total. The molecule has 0 bridgehead atoms. The van der Waals surface area contributed by atoms with Crippen LogP contribution in [0.5, 0.6) is 0 Å². The third kappa shape index (κ3) is 4.72. The van der Waals surface area contributed by atoms with E-state index in [1.807, 2.05) is 6.07 Å². The number of furan rings is 1. The summed E-state index contributed by atoms with van der Waals surface area (Å²) in [5, 5.41) is 10.2. The van der Waals surface area contributed by atoms with E-state index in [2.05, 4.69) is 15.7 Å². The van der Waals surface area contributed by atoms with Crippen molar-refractivity contribution in [3.63, 3.8) is 0 Å². The summed E-state index contributed by atoms with van der Waals surface area (Å²) in [5.41, 5.74) is 1.52. The number of amides is 2. The Morgan fingerprint density at radius 3 is 2.71 bits per heavy atom. The minimum Gasteiger partial charge on any atom is -0.463 e. The van der Waals surface area contributed by atoms with Gasteiger partial charge in [-0.2, -0.15) is 5.10 Å². The maximum Gasteiger partial charge on any atom is 0.407 e. The Morgan fingerprint density at radius 2 is 2.00 bits per heavy atom. The van der Waals surface area contributed by atoms with E-state index in [0.29, 0.717) is 22.2 Å². The standard InChI is InChI=1S/C19H19ClN4O4/c1-2-27-19(26)22-9-8-21-18(25)15-12-16(17-7-4-10-28-17)24(23-15)14-6-3-5-13(20)11-14/h3-7,10-12H,2,8-9H2,1H3,(H,21,25)(H,22,26). The lowest BCUT2D eigenvalue weighted by atomic mass is 10.2. The first kappa shape index (κ1) is 19.5. The molecule has 0 spiro atoms. The number of alkyl carbamates (subject to hydrolysis) is 1. The molecule has 0 radical (unpaired) electrons. The van der Waals surface area contributed by atoms with Gasteiger partial charge in [-0.15, -0.1) is 0 Å². The van der Waals surface area contributed by atoms with Crippen LogP contribution in [0.25, 0.3) is 17.1 Å². The van der Waals surface area contributed by atoms with E-state index in [9.17, 15) is 9.59 Å². The average Bonchev–Trinajstić information content (AvgIpc) is 3.34. The van der Waals surface area contributed by atoms with E-state index in [1.165, 1.54) is 0 Å². The topological polar surface area (TPSA) is 98.4 Å². The fourth-order valence-corrected chi connectivity index (χ4v) is 2.69. The molecule has 3 rings (SSSR count). The number of hydrogen-bond acceptors (Lipinski definition) is 5. The van der Waals surface area contributed by atoms with Crippen LogP contribution in [-0.4, -0.2) is 41.5 Å². The number of hydrogen-bond donors (Lipinski definition) is 2. The van der Waals surface area contributed by atoms with E-state index in [4.69, 9.17) is 20.8 Å². The molecule has 0 fully saturated rings. The van der Waals surface area contributed by atoms with E-state index < -0.39 is 6.09 Å². The second-order valence-corrected chi connectivity index (χ2v) is 6.12. The number of nitrogens with zero attached hydrogens (tertiary/aromatic N) is 2. The third-order valence-corrected chi connectivity index (χ3v) is 3.96. The van der Waals surface area contributed by atoms with E-state index in [1.54, 1.807) is 54.3 Å². The highest BCUT2D eigenvalue weighted by atomic mass is 35.5. The van der Waals surface area contributed by atoms with Crippen molar-refractivity contribution in [3.05, 3.63) is 59.4 Å². The van der Waals surface area contributed by atoms with Gasteiger partial charge in [0.2, 0.25) is 0 Å². The van der Waals surface area contributed by atoms with Crippen molar-refractivity contribution in [2.75, 3.05) is 19.7 Å². The van der Waals surface area contributed by atoms with Crippen molar-refractivity contribution in [3.8, 4) is 17.1 Å². The van der Waals surface area contributed by atoms with Crippen molar-refractivity contribution in [1.82, 2.24) is 20.4 Å². The number of aromatic nitrogens is 2. The molecule has 0 saturated heterocycles. The van der Waals surface area contributed by atoms with Gasteiger partial charge in [0, 0.05) is 24.2 Å². The van der Waals surface area contributed by atoms with E-state index in [0.717, 1.165) is 0 Å². The van der Waals surface area contributed by atoms with Crippen LogP contribution >= 0.6 is 11.6 Å². The number of halogens is 1. The normalized spacial score (nSPS) is 10.5. The number of carbonyl (C=O) groups excluding carboxylic acids is 2. The van der Waals surface area contributed by atoms with Gasteiger partial charge in [-0.05, 0) is 37.3 Å². The zero-order valence-corrected chi connectivity index (χ0v) is 15.9. The number of carbonyl (C=O) groups is 2. The first-order valence-electron chi connectivity index (χ1n) is 8.67. The summed E-state index contributed by atoms with van der Waals surface area (Å²) in [4.78, 5) is 23.7. The second-order valence-electron chi connectivity index (χ2n) is 5.69. The van der Waals surface area contributed by atoms with Crippen LogP contribution < -0.4 is 10.6 Å². The van der Waals surface area contributed by atoms with Crippen molar-refractivity contribution in [2.45, 2.75) is 6.92 Å². The quantitative estimate of drug-likeness (QED) is 0.591. The molecular formula is C19H19ClN4O4. The lowest BCUT2D eigenvalue weighted by Gasteiger charge is -2.06. The lowest BCUT2D eigenvalue weighted by Crippen LogP contribution is -2.35. The maximum absolute atomic E-state index is 12.5. The summed E-state index contributed by atoms with van der Waals surface area (Å²) in [7, 11) is 0. The summed E-state index contributed by atoms with van der Waals surface area (Å²) in [6.45, 7) is 2.48. The Labute approximate surface area is 166 Å². The molecule has 0 aliphatic rings. The monoisotopic (exact) mass is 402 g/mol. The lowest BCUT2D eigenvalue weighted by molar-refractivity contribution is 0.0947. The highest BCUT2D eigenvalue weighted by molar-refractivity contribution is 6.30. The first-order chi connectivity index (χ1) is 13.6. The fraction of sp³-hybridized carbons (Fsp3) is 0.211. The van der Waals surface area contributed by atoms with E-state index >= 15 is 0 Å². The molecule has 0 aliphatic carbocycles. The Kier molecular flexibility index (Phi) is 6.33. The molecule has 0 saturated carbocycles. The van der Waals surface area contributed by atoms with Crippen LogP contribution in [0.3, 0.4) is 0 Å². The SMILES string of the molecule is CCOC(=O)NCCNC(=O)c1cc(-c2ccco2)n(-c2cccc(Cl)c2)n1. The molecular weight excluding hydrogens is 384 g/mol. The van der Waals surface area contributed by atoms with E-state index in [-0.39, 0.29) is 31.3 Å². The minimum atomic E-state index is -0.526. The van der Waals surface area contributed by atoms with Gasteiger partial charge in [0.05, 0.1) is 18.6 Å². The molecule has 1 aromatic carbocycles. The summed E-state index contributed by atoms with van der Waals surface area (Å²) >= 11 is 6.09.